The largest absolute Gasteiger partial charge is 0.444 e. The number of hydrogen-bond donors (Lipinski definition) is 3. The molecule has 2 atom stereocenters. The maximum atomic E-state index is 13.7. The van der Waals surface area contributed by atoms with Crippen LogP contribution >= 0.6 is 0 Å². The number of rotatable bonds is 9. The van der Waals surface area contributed by atoms with E-state index in [4.69, 9.17) is 4.74 Å². The average Bonchev–Trinajstić information content (AvgIpc) is 3.44. The fourth-order valence-corrected chi connectivity index (χ4v) is 5.22. The molecule has 1 aliphatic rings. The van der Waals surface area contributed by atoms with Gasteiger partial charge in [0.15, 0.2) is 5.82 Å². The van der Waals surface area contributed by atoms with Crippen molar-refractivity contribution >= 4 is 29.6 Å². The quantitative estimate of drug-likeness (QED) is 0.283. The Morgan fingerprint density at radius 1 is 0.956 bits per heavy atom. The number of ether oxygens (including phenoxy) is 1. The van der Waals surface area contributed by atoms with E-state index in [0.717, 1.165) is 18.4 Å². The number of imidazole rings is 1. The smallest absolute Gasteiger partial charge is 0.409 e. The van der Waals surface area contributed by atoms with Crippen LogP contribution in [0.3, 0.4) is 0 Å². The molecule has 2 aromatic carbocycles. The molecule has 4 rings (SSSR count). The lowest BCUT2D eigenvalue weighted by molar-refractivity contribution is -0.135. The third kappa shape index (κ3) is 8.71. The van der Waals surface area contributed by atoms with E-state index in [0.29, 0.717) is 36.0 Å². The molecule has 11 nitrogen and oxygen atoms in total. The summed E-state index contributed by atoms with van der Waals surface area (Å²) in [6.45, 7) is 12.3. The van der Waals surface area contributed by atoms with Crippen LogP contribution in [0.1, 0.15) is 88.3 Å². The Labute approximate surface area is 264 Å². The highest BCUT2D eigenvalue weighted by Gasteiger charge is 2.33. The number of hydrogen-bond acceptors (Lipinski definition) is 6. The first-order valence-corrected chi connectivity index (χ1v) is 15.4. The second-order valence-corrected chi connectivity index (χ2v) is 12.7. The number of nitrogens with zero attached hydrogens (tertiary/aromatic N) is 3. The van der Waals surface area contributed by atoms with Crippen LogP contribution in [0.5, 0.6) is 0 Å². The lowest BCUT2D eigenvalue weighted by Gasteiger charge is -2.33. The average molecular weight is 617 g/mol. The number of carbonyl (C=O) groups is 4. The highest BCUT2D eigenvalue weighted by molar-refractivity contribution is 6.03. The van der Waals surface area contributed by atoms with Gasteiger partial charge < -0.3 is 24.8 Å². The van der Waals surface area contributed by atoms with E-state index < -0.39 is 29.3 Å². The highest BCUT2D eigenvalue weighted by atomic mass is 16.6. The molecule has 1 fully saturated rings. The molecule has 1 aliphatic heterocycles. The normalized spacial score (nSPS) is 15.8. The molecule has 4 amide bonds. The topological polar surface area (TPSA) is 135 Å². The standard InChI is InChI=1S/C34H44N6O5/c1-7-28(41)37-34(6,38-32(44)45-33(3,4)5)26-15-13-25(14-16-26)30(42)36-27-21-40(22-35-27)29(24-11-9-8-10-12-24)31(43)39-19-17-23(2)18-20-39/h8-16,21-23,29H,7,17-20H2,1-6H3,(H,36,42)(H,37,41)(H,38,44)/t29-,34-/m1/s1. The van der Waals surface area contributed by atoms with Crippen LogP contribution in [0.15, 0.2) is 67.1 Å². The summed E-state index contributed by atoms with van der Waals surface area (Å²) < 4.78 is 7.14. The monoisotopic (exact) mass is 616 g/mol. The van der Waals surface area contributed by atoms with Crippen LogP contribution in [0.4, 0.5) is 10.6 Å². The predicted molar refractivity (Wildman–Crippen MR) is 171 cm³/mol. The van der Waals surface area contributed by atoms with Gasteiger partial charge in [-0.25, -0.2) is 9.78 Å². The van der Waals surface area contributed by atoms with Gasteiger partial charge in [0.2, 0.25) is 11.8 Å². The van der Waals surface area contributed by atoms with Gasteiger partial charge in [0.25, 0.3) is 5.91 Å². The molecule has 0 spiro atoms. The van der Waals surface area contributed by atoms with Crippen LogP contribution < -0.4 is 16.0 Å². The molecule has 3 aromatic rings. The summed E-state index contributed by atoms with van der Waals surface area (Å²) in [6.07, 6.45) is 4.69. The van der Waals surface area contributed by atoms with Crippen molar-refractivity contribution in [2.75, 3.05) is 18.4 Å². The summed E-state index contributed by atoms with van der Waals surface area (Å²) in [5, 5.41) is 8.39. The molecule has 2 heterocycles. The Bertz CT molecular complexity index is 1490. The summed E-state index contributed by atoms with van der Waals surface area (Å²) in [5.41, 5.74) is -0.283. The Hall–Kier alpha value is -4.67. The second-order valence-electron chi connectivity index (χ2n) is 12.7. The van der Waals surface area contributed by atoms with Crippen molar-refractivity contribution in [1.29, 1.82) is 0 Å². The highest BCUT2D eigenvalue weighted by Crippen LogP contribution is 2.26. The lowest BCUT2D eigenvalue weighted by Crippen LogP contribution is -2.56. The Morgan fingerprint density at radius 2 is 1.60 bits per heavy atom. The van der Waals surface area contributed by atoms with E-state index in [-0.39, 0.29) is 18.2 Å². The van der Waals surface area contributed by atoms with Crippen molar-refractivity contribution in [2.24, 2.45) is 5.92 Å². The number of nitrogens with one attached hydrogen (secondary N) is 3. The molecule has 3 N–H and O–H groups in total. The van der Waals surface area contributed by atoms with Gasteiger partial charge in [0, 0.05) is 31.3 Å². The molecule has 0 aliphatic carbocycles. The maximum Gasteiger partial charge on any atom is 0.409 e. The first-order valence-electron chi connectivity index (χ1n) is 15.4. The lowest BCUT2D eigenvalue weighted by atomic mass is 9.97. The van der Waals surface area contributed by atoms with Crippen molar-refractivity contribution in [3.63, 3.8) is 0 Å². The second kappa shape index (κ2) is 14.0. The fourth-order valence-electron chi connectivity index (χ4n) is 5.22. The number of aromatic nitrogens is 2. The van der Waals surface area contributed by atoms with Gasteiger partial charge >= 0.3 is 6.09 Å². The first kappa shape index (κ1) is 33.2. The third-order valence-electron chi connectivity index (χ3n) is 7.77. The number of alkyl carbamates (subject to hydrolysis) is 1. The predicted octanol–water partition coefficient (Wildman–Crippen LogP) is 5.21. The van der Waals surface area contributed by atoms with E-state index in [2.05, 4.69) is 27.9 Å². The van der Waals surface area contributed by atoms with E-state index >= 15 is 0 Å². The SMILES string of the molecule is CCC(=O)N[C@](C)(NC(=O)OC(C)(C)C)c1ccc(C(=O)Nc2cn([C@@H](C(=O)N3CCC(C)CC3)c3ccccc3)cn2)cc1. The van der Waals surface area contributed by atoms with Crippen molar-refractivity contribution in [2.45, 2.75) is 78.1 Å². The Balaban J connectivity index is 1.51. The van der Waals surface area contributed by atoms with Crippen molar-refractivity contribution in [1.82, 2.24) is 25.1 Å². The van der Waals surface area contributed by atoms with E-state index in [1.54, 1.807) is 76.0 Å². The number of benzene rings is 2. The summed E-state index contributed by atoms with van der Waals surface area (Å²) in [5.74, 6) is 0.221. The van der Waals surface area contributed by atoms with Crippen molar-refractivity contribution in [3.05, 3.63) is 83.8 Å². The Morgan fingerprint density at radius 3 is 2.20 bits per heavy atom. The summed E-state index contributed by atoms with van der Waals surface area (Å²) in [4.78, 5) is 58.1. The summed E-state index contributed by atoms with van der Waals surface area (Å²) in [7, 11) is 0. The molecular weight excluding hydrogens is 572 g/mol. The minimum absolute atomic E-state index is 0.00262. The van der Waals surface area contributed by atoms with E-state index in [1.807, 2.05) is 35.2 Å². The Kier molecular flexibility index (Phi) is 10.3. The molecule has 0 bridgehead atoms. The summed E-state index contributed by atoms with van der Waals surface area (Å²) >= 11 is 0. The van der Waals surface area contributed by atoms with Gasteiger partial charge in [-0.05, 0) is 69.7 Å². The van der Waals surface area contributed by atoms with Crippen molar-refractivity contribution in [3.8, 4) is 0 Å². The minimum Gasteiger partial charge on any atom is -0.444 e. The zero-order valence-corrected chi connectivity index (χ0v) is 26.9. The minimum atomic E-state index is -1.28. The van der Waals surface area contributed by atoms with Gasteiger partial charge in [-0.1, -0.05) is 56.3 Å². The zero-order chi connectivity index (χ0) is 32.8. The van der Waals surface area contributed by atoms with Crippen LogP contribution in [0.25, 0.3) is 0 Å². The number of piperidine rings is 1. The number of amides is 4. The van der Waals surface area contributed by atoms with Crippen molar-refractivity contribution < 1.29 is 23.9 Å². The maximum absolute atomic E-state index is 13.7. The summed E-state index contributed by atoms with van der Waals surface area (Å²) in [6, 6.07) is 15.5. The van der Waals surface area contributed by atoms with Crippen LogP contribution in [-0.2, 0) is 20.0 Å². The number of anilines is 1. The molecule has 1 aromatic heterocycles. The molecule has 45 heavy (non-hydrogen) atoms. The molecule has 240 valence electrons. The van der Waals surface area contributed by atoms with Gasteiger partial charge in [0.1, 0.15) is 17.3 Å². The molecule has 0 radical (unpaired) electrons. The number of carbonyl (C=O) groups excluding carboxylic acids is 4. The van der Waals surface area contributed by atoms with Gasteiger partial charge in [-0.2, -0.15) is 0 Å². The van der Waals surface area contributed by atoms with Gasteiger partial charge in [0.05, 0.1) is 6.33 Å². The van der Waals surface area contributed by atoms with Gasteiger partial charge in [-0.3, -0.25) is 19.7 Å². The molecule has 1 saturated heterocycles. The van der Waals surface area contributed by atoms with Crippen LogP contribution in [0.2, 0.25) is 0 Å². The first-order chi connectivity index (χ1) is 21.3. The molecule has 0 unspecified atom stereocenters. The third-order valence-corrected chi connectivity index (χ3v) is 7.77. The molecular formula is C34H44N6O5. The fraction of sp³-hybridized carbons (Fsp3) is 0.441. The molecule has 0 saturated carbocycles. The van der Waals surface area contributed by atoms with Crippen LogP contribution in [-0.4, -0.2) is 57.0 Å². The molecule has 11 heteroatoms. The van der Waals surface area contributed by atoms with Gasteiger partial charge in [-0.15, -0.1) is 0 Å². The van der Waals surface area contributed by atoms with E-state index in [1.165, 1.54) is 0 Å². The van der Waals surface area contributed by atoms with Crippen LogP contribution in [0, 0.1) is 5.92 Å². The zero-order valence-electron chi connectivity index (χ0n) is 26.9. The number of likely N-dealkylation sites (tertiary alicyclic amines) is 1. The van der Waals surface area contributed by atoms with E-state index in [9.17, 15) is 19.2 Å².